The topological polar surface area (TPSA) is 57.5 Å². The van der Waals surface area contributed by atoms with E-state index in [1.54, 1.807) is 19.1 Å². The zero-order chi connectivity index (χ0) is 12.9. The van der Waals surface area contributed by atoms with Gasteiger partial charge in [-0.2, -0.15) is 0 Å². The predicted molar refractivity (Wildman–Crippen MR) is 73.7 cm³/mol. The van der Waals surface area contributed by atoms with E-state index < -0.39 is 0 Å². The van der Waals surface area contributed by atoms with Crippen LogP contribution >= 0.6 is 11.3 Å². The fraction of sp³-hybridized carbons (Fsp3) is 0.0714. The number of fused-ring (bicyclic) bond motifs is 2. The second-order valence-electron chi connectivity index (χ2n) is 4.19. The lowest BCUT2D eigenvalue weighted by Gasteiger charge is -2.07. The van der Waals surface area contributed by atoms with E-state index in [0.29, 0.717) is 15.6 Å². The Kier molecular flexibility index (Phi) is 2.28. The monoisotopic (exact) mass is 258 g/mol. The lowest BCUT2D eigenvalue weighted by molar-refractivity contribution is 0.466. The Morgan fingerprint density at radius 1 is 1.17 bits per heavy atom. The molecule has 1 aromatic heterocycles. The van der Waals surface area contributed by atoms with Gasteiger partial charge < -0.3 is 10.2 Å². The number of phenols is 2. The zero-order valence-electron chi connectivity index (χ0n) is 9.60. The van der Waals surface area contributed by atoms with Crippen molar-refractivity contribution in [2.75, 3.05) is 0 Å². The van der Waals surface area contributed by atoms with Gasteiger partial charge in [-0.25, -0.2) is 0 Å². The summed E-state index contributed by atoms with van der Waals surface area (Å²) in [5.74, 6) is -0.0112. The fourth-order valence-corrected chi connectivity index (χ4v) is 3.26. The maximum atomic E-state index is 12.3. The van der Waals surface area contributed by atoms with E-state index in [1.165, 1.54) is 17.4 Å². The quantitative estimate of drug-likeness (QED) is 0.481. The summed E-state index contributed by atoms with van der Waals surface area (Å²) in [6, 6.07) is 8.61. The van der Waals surface area contributed by atoms with Gasteiger partial charge in [-0.1, -0.05) is 12.1 Å². The molecule has 3 rings (SSSR count). The van der Waals surface area contributed by atoms with Gasteiger partial charge in [-0.3, -0.25) is 4.79 Å². The van der Waals surface area contributed by atoms with E-state index in [0.717, 1.165) is 4.70 Å². The second-order valence-corrected chi connectivity index (χ2v) is 5.24. The smallest absolute Gasteiger partial charge is 0.199 e. The highest BCUT2D eigenvalue weighted by atomic mass is 32.1. The van der Waals surface area contributed by atoms with Gasteiger partial charge in [0.2, 0.25) is 0 Å². The molecule has 0 aliphatic rings. The standard InChI is InChI=1S/C14H10O3S/c1-7-6-9(15)11-13(17)8-4-2-3-5-10(8)18-14(11)12(7)16/h2-6,15-16H,1H3. The van der Waals surface area contributed by atoms with E-state index in [1.807, 2.05) is 12.1 Å². The molecule has 0 saturated carbocycles. The number of hydrogen-bond acceptors (Lipinski definition) is 4. The molecule has 0 radical (unpaired) electrons. The van der Waals surface area contributed by atoms with E-state index >= 15 is 0 Å². The van der Waals surface area contributed by atoms with Crippen LogP contribution in [0.5, 0.6) is 11.5 Å². The third-order valence-corrected chi connectivity index (χ3v) is 4.17. The molecule has 90 valence electrons. The Bertz CT molecular complexity index is 834. The number of hydrogen-bond donors (Lipinski definition) is 2. The third kappa shape index (κ3) is 1.39. The molecule has 2 aromatic carbocycles. The third-order valence-electron chi connectivity index (χ3n) is 3.00. The summed E-state index contributed by atoms with van der Waals surface area (Å²) in [6.45, 7) is 1.70. The SMILES string of the molecule is Cc1cc(O)c2c(=O)c3ccccc3sc2c1O. The average molecular weight is 258 g/mol. The minimum atomic E-state index is -0.243. The molecule has 4 heteroatoms. The second kappa shape index (κ2) is 3.71. The molecule has 2 N–H and O–H groups in total. The molecule has 0 unspecified atom stereocenters. The Balaban J connectivity index is 2.69. The summed E-state index contributed by atoms with van der Waals surface area (Å²) in [5.41, 5.74) is 0.318. The molecule has 0 aliphatic heterocycles. The molecular formula is C14H10O3S. The molecule has 0 amide bonds. The van der Waals surface area contributed by atoms with Crippen LogP contribution in [0, 0.1) is 6.92 Å². The molecule has 3 aromatic rings. The minimum absolute atomic E-state index is 0.0654. The maximum absolute atomic E-state index is 12.3. The Morgan fingerprint density at radius 3 is 2.67 bits per heavy atom. The van der Waals surface area contributed by atoms with Crippen molar-refractivity contribution >= 4 is 31.5 Å². The molecule has 0 aliphatic carbocycles. The van der Waals surface area contributed by atoms with Crippen molar-refractivity contribution in [2.45, 2.75) is 6.92 Å². The van der Waals surface area contributed by atoms with E-state index in [-0.39, 0.29) is 22.3 Å². The summed E-state index contributed by atoms with van der Waals surface area (Å²) >= 11 is 1.31. The molecule has 0 atom stereocenters. The van der Waals surface area contributed by atoms with Crippen LogP contribution in [-0.2, 0) is 0 Å². The number of phenolic OH excluding ortho intramolecular Hbond substituents is 2. The van der Waals surface area contributed by atoms with Crippen LogP contribution in [0.4, 0.5) is 0 Å². The summed E-state index contributed by atoms with van der Waals surface area (Å²) in [5, 5.41) is 20.7. The molecule has 1 heterocycles. The summed E-state index contributed by atoms with van der Waals surface area (Å²) in [6.07, 6.45) is 0. The lowest BCUT2D eigenvalue weighted by atomic mass is 10.1. The van der Waals surface area contributed by atoms with Gasteiger partial charge in [0, 0.05) is 10.1 Å². The predicted octanol–water partition coefficient (Wildman–Crippen LogP) is 3.13. The Labute approximate surface area is 107 Å². The van der Waals surface area contributed by atoms with Crippen molar-refractivity contribution < 1.29 is 10.2 Å². The maximum Gasteiger partial charge on any atom is 0.199 e. The first kappa shape index (κ1) is 11.0. The number of aryl methyl sites for hydroxylation is 1. The van der Waals surface area contributed by atoms with Gasteiger partial charge in [0.25, 0.3) is 0 Å². The van der Waals surface area contributed by atoms with Crippen LogP contribution in [0.3, 0.4) is 0 Å². The van der Waals surface area contributed by atoms with Crippen LogP contribution in [0.1, 0.15) is 5.56 Å². The van der Waals surface area contributed by atoms with Crippen molar-refractivity contribution in [2.24, 2.45) is 0 Å². The van der Waals surface area contributed by atoms with Gasteiger partial charge >= 0.3 is 0 Å². The largest absolute Gasteiger partial charge is 0.507 e. The molecule has 0 fully saturated rings. The zero-order valence-corrected chi connectivity index (χ0v) is 10.4. The van der Waals surface area contributed by atoms with Crippen LogP contribution in [-0.4, -0.2) is 10.2 Å². The van der Waals surface area contributed by atoms with Crippen molar-refractivity contribution in [3.8, 4) is 11.5 Å². The van der Waals surface area contributed by atoms with Gasteiger partial charge in [-0.05, 0) is 30.7 Å². The lowest BCUT2D eigenvalue weighted by Crippen LogP contribution is -2.01. The molecular weight excluding hydrogens is 248 g/mol. The fourth-order valence-electron chi connectivity index (χ4n) is 2.07. The van der Waals surface area contributed by atoms with Crippen LogP contribution in [0.2, 0.25) is 0 Å². The average Bonchev–Trinajstić information content (AvgIpc) is 2.36. The molecule has 0 spiro atoms. The molecule has 0 saturated heterocycles. The molecule has 0 bridgehead atoms. The van der Waals surface area contributed by atoms with Crippen molar-refractivity contribution in [3.05, 3.63) is 46.1 Å². The summed E-state index contributed by atoms with van der Waals surface area (Å²) in [7, 11) is 0. The summed E-state index contributed by atoms with van der Waals surface area (Å²) < 4.78 is 1.24. The number of aromatic hydroxyl groups is 2. The van der Waals surface area contributed by atoms with E-state index in [9.17, 15) is 15.0 Å². The van der Waals surface area contributed by atoms with Gasteiger partial charge in [0.05, 0.1) is 10.1 Å². The van der Waals surface area contributed by atoms with Crippen LogP contribution in [0.25, 0.3) is 20.2 Å². The normalized spacial score (nSPS) is 11.2. The van der Waals surface area contributed by atoms with Crippen molar-refractivity contribution in [1.82, 2.24) is 0 Å². The summed E-state index contributed by atoms with van der Waals surface area (Å²) in [4.78, 5) is 12.3. The number of benzene rings is 2. The highest BCUT2D eigenvalue weighted by Crippen LogP contribution is 2.38. The van der Waals surface area contributed by atoms with Gasteiger partial charge in [0.1, 0.15) is 11.5 Å². The minimum Gasteiger partial charge on any atom is -0.507 e. The highest BCUT2D eigenvalue weighted by Gasteiger charge is 2.14. The van der Waals surface area contributed by atoms with Gasteiger partial charge in [-0.15, -0.1) is 11.3 Å². The molecule has 3 nitrogen and oxygen atoms in total. The number of rotatable bonds is 0. The Morgan fingerprint density at radius 2 is 1.89 bits per heavy atom. The van der Waals surface area contributed by atoms with Crippen molar-refractivity contribution in [1.29, 1.82) is 0 Å². The van der Waals surface area contributed by atoms with E-state index in [2.05, 4.69) is 0 Å². The first-order chi connectivity index (χ1) is 8.59. The molecule has 18 heavy (non-hydrogen) atoms. The Hall–Kier alpha value is -2.07. The highest BCUT2D eigenvalue weighted by molar-refractivity contribution is 7.25. The van der Waals surface area contributed by atoms with E-state index in [4.69, 9.17) is 0 Å². The first-order valence-corrected chi connectivity index (χ1v) is 6.28. The van der Waals surface area contributed by atoms with Gasteiger partial charge in [0.15, 0.2) is 5.43 Å². The van der Waals surface area contributed by atoms with Crippen LogP contribution in [0.15, 0.2) is 35.1 Å². The van der Waals surface area contributed by atoms with Crippen LogP contribution < -0.4 is 5.43 Å². The first-order valence-electron chi connectivity index (χ1n) is 5.46. The van der Waals surface area contributed by atoms with Crippen molar-refractivity contribution in [3.63, 3.8) is 0 Å².